The van der Waals surface area contributed by atoms with Gasteiger partial charge in [-0.25, -0.2) is 10.6 Å². The van der Waals surface area contributed by atoms with Crippen LogP contribution >= 0.6 is 0 Å². The molecule has 1 amide bonds. The van der Waals surface area contributed by atoms with E-state index in [1.165, 1.54) is 30.7 Å². The molecule has 1 aromatic carbocycles. The van der Waals surface area contributed by atoms with Gasteiger partial charge in [-0.2, -0.15) is 0 Å². The van der Waals surface area contributed by atoms with Crippen molar-refractivity contribution >= 4 is 18.3 Å². The topological polar surface area (TPSA) is 120 Å². The van der Waals surface area contributed by atoms with Crippen LogP contribution < -0.4 is 16.3 Å². The Labute approximate surface area is 213 Å². The first-order chi connectivity index (χ1) is 17.4. The number of allylic oxidation sites excluding steroid dienone is 1. The van der Waals surface area contributed by atoms with Crippen LogP contribution in [0.5, 0.6) is 5.75 Å². The number of carbonyl (C=O) groups excluding carboxylic acids is 2. The van der Waals surface area contributed by atoms with E-state index in [2.05, 4.69) is 6.08 Å². The van der Waals surface area contributed by atoms with Crippen LogP contribution in [0.25, 0.3) is 5.70 Å². The number of hydrogen-bond donors (Lipinski definition) is 2. The normalized spacial score (nSPS) is 20.2. The van der Waals surface area contributed by atoms with E-state index < -0.39 is 0 Å². The van der Waals surface area contributed by atoms with Crippen molar-refractivity contribution in [1.29, 1.82) is 0 Å². The Kier molecular flexibility index (Phi) is 8.40. The average Bonchev–Trinajstić information content (AvgIpc) is 3.79. The zero-order valence-electron chi connectivity index (χ0n) is 21.2. The fraction of sp³-hybridized carbons (Fsp3) is 0.556. The molecule has 9 nitrogen and oxygen atoms in total. The van der Waals surface area contributed by atoms with Crippen molar-refractivity contribution in [1.82, 2.24) is 9.91 Å². The number of nitrogens with two attached hydrogens (primary N) is 2. The minimum Gasteiger partial charge on any atom is -0.490 e. The van der Waals surface area contributed by atoms with Gasteiger partial charge in [0.2, 0.25) is 0 Å². The number of rotatable bonds is 12. The van der Waals surface area contributed by atoms with E-state index in [1.54, 1.807) is 11.9 Å². The SMILES string of the molecule is CN(N)/C(COC(=O)N(C)C(C1CC1)C1CC1)=C(\N)c1ccc(OC2CCC=C(COC=O)C2)cc1. The molecule has 0 aromatic heterocycles. The van der Waals surface area contributed by atoms with E-state index in [0.29, 0.717) is 36.3 Å². The zero-order valence-corrected chi connectivity index (χ0v) is 21.2. The Hall–Kier alpha value is -3.20. The summed E-state index contributed by atoms with van der Waals surface area (Å²) in [4.78, 5) is 25.0. The molecule has 4 N–H and O–H groups in total. The van der Waals surface area contributed by atoms with Crippen LogP contribution in [0.2, 0.25) is 0 Å². The summed E-state index contributed by atoms with van der Waals surface area (Å²) >= 11 is 0. The van der Waals surface area contributed by atoms with Gasteiger partial charge in [0.25, 0.3) is 6.47 Å². The quantitative estimate of drug-likeness (QED) is 0.195. The van der Waals surface area contributed by atoms with Gasteiger partial charge in [0.05, 0.1) is 11.4 Å². The molecule has 0 aliphatic heterocycles. The summed E-state index contributed by atoms with van der Waals surface area (Å²) in [5.41, 5.74) is 9.24. The first kappa shape index (κ1) is 25.9. The summed E-state index contributed by atoms with van der Waals surface area (Å²) in [6.45, 7) is 0.761. The van der Waals surface area contributed by atoms with Crippen molar-refractivity contribution in [3.8, 4) is 5.75 Å². The number of likely N-dealkylation sites (N-methyl/N-ethyl adjacent to an activating group) is 1. The fourth-order valence-corrected chi connectivity index (χ4v) is 5.00. The molecule has 9 heteroatoms. The molecule has 0 heterocycles. The van der Waals surface area contributed by atoms with Gasteiger partial charge in [0, 0.05) is 26.6 Å². The number of nitrogens with zero attached hydrogens (tertiary/aromatic N) is 2. The molecule has 0 bridgehead atoms. The summed E-state index contributed by atoms with van der Waals surface area (Å²) < 4.78 is 16.6. The van der Waals surface area contributed by atoms with Crippen molar-refractivity contribution in [2.24, 2.45) is 23.4 Å². The molecule has 0 saturated heterocycles. The third-order valence-electron chi connectivity index (χ3n) is 7.23. The number of benzene rings is 1. The summed E-state index contributed by atoms with van der Waals surface area (Å²) in [6.07, 6.45) is 9.06. The molecular weight excluding hydrogens is 460 g/mol. The smallest absolute Gasteiger partial charge is 0.410 e. The first-order valence-corrected chi connectivity index (χ1v) is 12.7. The molecule has 4 rings (SSSR count). The molecule has 2 saturated carbocycles. The maximum atomic E-state index is 12.8. The van der Waals surface area contributed by atoms with Gasteiger partial charge in [-0.05, 0) is 85.8 Å². The molecule has 36 heavy (non-hydrogen) atoms. The molecular formula is C27H38N4O5. The summed E-state index contributed by atoms with van der Waals surface area (Å²) in [5, 5.41) is 1.39. The van der Waals surface area contributed by atoms with Crippen LogP contribution in [0.15, 0.2) is 41.6 Å². The monoisotopic (exact) mass is 498 g/mol. The van der Waals surface area contributed by atoms with Crippen molar-refractivity contribution in [2.45, 2.75) is 57.1 Å². The molecule has 3 aliphatic rings. The van der Waals surface area contributed by atoms with Gasteiger partial charge >= 0.3 is 6.09 Å². The maximum Gasteiger partial charge on any atom is 0.410 e. The van der Waals surface area contributed by atoms with E-state index in [1.807, 2.05) is 31.3 Å². The summed E-state index contributed by atoms with van der Waals surface area (Å²) in [6, 6.07) is 7.75. The van der Waals surface area contributed by atoms with Gasteiger partial charge < -0.3 is 29.9 Å². The van der Waals surface area contributed by atoms with Gasteiger partial charge in [-0.3, -0.25) is 4.79 Å². The Morgan fingerprint density at radius 2 is 1.78 bits per heavy atom. The molecule has 2 fully saturated rings. The predicted molar refractivity (Wildman–Crippen MR) is 136 cm³/mol. The van der Waals surface area contributed by atoms with Gasteiger partial charge in [-0.1, -0.05) is 6.08 Å². The number of carbonyl (C=O) groups is 2. The van der Waals surface area contributed by atoms with E-state index in [9.17, 15) is 9.59 Å². The van der Waals surface area contributed by atoms with E-state index in [4.69, 9.17) is 25.8 Å². The molecule has 0 spiro atoms. The fourth-order valence-electron chi connectivity index (χ4n) is 5.00. The van der Waals surface area contributed by atoms with Crippen LogP contribution in [0, 0.1) is 11.8 Å². The second-order valence-electron chi connectivity index (χ2n) is 10.1. The highest BCUT2D eigenvalue weighted by Gasteiger charge is 2.45. The number of hydrogen-bond acceptors (Lipinski definition) is 8. The third-order valence-corrected chi connectivity index (χ3v) is 7.23. The number of ether oxygens (including phenoxy) is 3. The molecule has 0 radical (unpaired) electrons. The number of amides is 1. The van der Waals surface area contributed by atoms with Crippen LogP contribution in [-0.4, -0.2) is 61.9 Å². The van der Waals surface area contributed by atoms with Crippen molar-refractivity contribution < 1.29 is 23.8 Å². The first-order valence-electron chi connectivity index (χ1n) is 12.7. The lowest BCUT2D eigenvalue weighted by molar-refractivity contribution is -0.127. The largest absolute Gasteiger partial charge is 0.490 e. The Morgan fingerprint density at radius 3 is 2.36 bits per heavy atom. The van der Waals surface area contributed by atoms with E-state index in [-0.39, 0.29) is 24.8 Å². The van der Waals surface area contributed by atoms with Crippen LogP contribution in [0.4, 0.5) is 4.79 Å². The average molecular weight is 499 g/mol. The molecule has 3 aliphatic carbocycles. The van der Waals surface area contributed by atoms with Gasteiger partial charge in [0.15, 0.2) is 0 Å². The summed E-state index contributed by atoms with van der Waals surface area (Å²) in [7, 11) is 3.51. The third kappa shape index (κ3) is 6.72. The second kappa shape index (κ2) is 11.7. The lowest BCUT2D eigenvalue weighted by Crippen LogP contribution is -2.41. The number of hydrazine groups is 1. The van der Waals surface area contributed by atoms with Crippen LogP contribution in [0.3, 0.4) is 0 Å². The Balaban J connectivity index is 1.35. The Morgan fingerprint density at radius 1 is 1.11 bits per heavy atom. The zero-order chi connectivity index (χ0) is 25.7. The minimum absolute atomic E-state index is 0.0116. The standard InChI is InChI=1S/C27H38N4O5/c1-30(26(20-6-7-20)21-8-9-21)27(33)35-16-24(31(2)29)25(28)19-10-12-22(13-11-19)36-23-5-3-4-18(14-23)15-34-17-32/h4,10-13,17,20-21,23,26H,3,5-9,14-16,28-29H2,1-2H3/b25-24-. The molecule has 196 valence electrons. The highest BCUT2D eigenvalue weighted by atomic mass is 16.6. The van der Waals surface area contributed by atoms with Crippen molar-refractivity contribution in [3.05, 3.63) is 47.2 Å². The molecule has 1 aromatic rings. The predicted octanol–water partition coefficient (Wildman–Crippen LogP) is 3.41. The molecule has 1 unspecified atom stereocenters. The van der Waals surface area contributed by atoms with Crippen molar-refractivity contribution in [2.75, 3.05) is 27.3 Å². The summed E-state index contributed by atoms with van der Waals surface area (Å²) in [5.74, 6) is 7.99. The van der Waals surface area contributed by atoms with Crippen LogP contribution in [0.1, 0.15) is 50.5 Å². The van der Waals surface area contributed by atoms with Crippen LogP contribution in [-0.2, 0) is 14.3 Å². The Bertz CT molecular complexity index is 970. The molecule has 1 atom stereocenters. The highest BCUT2D eigenvalue weighted by Crippen LogP contribution is 2.47. The van der Waals surface area contributed by atoms with E-state index in [0.717, 1.165) is 36.1 Å². The minimum atomic E-state index is -0.339. The van der Waals surface area contributed by atoms with Gasteiger partial charge in [-0.15, -0.1) is 0 Å². The lowest BCUT2D eigenvalue weighted by Gasteiger charge is -2.28. The van der Waals surface area contributed by atoms with Crippen molar-refractivity contribution in [3.63, 3.8) is 0 Å². The second-order valence-corrected chi connectivity index (χ2v) is 10.1. The highest BCUT2D eigenvalue weighted by molar-refractivity contribution is 5.70. The maximum absolute atomic E-state index is 12.8. The lowest BCUT2D eigenvalue weighted by atomic mass is 9.97. The van der Waals surface area contributed by atoms with Gasteiger partial charge in [0.1, 0.15) is 25.1 Å². The van der Waals surface area contributed by atoms with E-state index >= 15 is 0 Å².